The van der Waals surface area contributed by atoms with Gasteiger partial charge in [0, 0.05) is 43.2 Å². The first-order chi connectivity index (χ1) is 18.2. The van der Waals surface area contributed by atoms with E-state index in [1.54, 1.807) is 12.1 Å². The number of carbonyl (C=O) groups excluding carboxylic acids is 2. The second kappa shape index (κ2) is 11.3. The minimum absolute atomic E-state index is 0.0396. The Kier molecular flexibility index (Phi) is 8.52. The van der Waals surface area contributed by atoms with Crippen molar-refractivity contribution in [1.82, 2.24) is 9.80 Å². The monoisotopic (exact) mass is 543 g/mol. The molecule has 39 heavy (non-hydrogen) atoms. The molecule has 0 unspecified atom stereocenters. The minimum atomic E-state index is -1.06. The molecule has 0 aromatic heterocycles. The second-order valence-electron chi connectivity index (χ2n) is 10.5. The molecule has 1 aliphatic rings. The molecule has 1 aliphatic heterocycles. The van der Waals surface area contributed by atoms with E-state index in [0.717, 1.165) is 0 Å². The number of ketones is 1. The molecule has 1 heterocycles. The van der Waals surface area contributed by atoms with E-state index in [1.807, 2.05) is 20.8 Å². The highest BCUT2D eigenvalue weighted by Crippen LogP contribution is 2.39. The first-order valence-corrected chi connectivity index (χ1v) is 12.3. The topological polar surface area (TPSA) is 140 Å². The summed E-state index contributed by atoms with van der Waals surface area (Å²) in [5.41, 5.74) is 0.980. The molecule has 10 nitrogen and oxygen atoms in total. The van der Waals surface area contributed by atoms with Crippen molar-refractivity contribution in [2.45, 2.75) is 52.6 Å². The average molecular weight is 544 g/mol. The predicted octanol–water partition coefficient (Wildman–Crippen LogP) is 3.69. The zero-order valence-corrected chi connectivity index (χ0v) is 23.0. The molecule has 2 aromatic rings. The summed E-state index contributed by atoms with van der Waals surface area (Å²) in [5, 5.41) is 28.6. The van der Waals surface area contributed by atoms with Crippen LogP contribution in [0, 0.1) is 11.2 Å². The number of carboxylic acid groups (broad SMARTS) is 1. The normalized spacial score (nSPS) is 12.8. The molecule has 1 amide bonds. The molecule has 0 fully saturated rings. The van der Waals surface area contributed by atoms with Crippen molar-refractivity contribution >= 4 is 23.5 Å². The number of hydrogen-bond acceptors (Lipinski definition) is 7. The quantitative estimate of drug-likeness (QED) is 0.386. The van der Waals surface area contributed by atoms with Crippen LogP contribution in [0.4, 0.5) is 4.39 Å². The van der Waals surface area contributed by atoms with E-state index in [1.165, 1.54) is 37.0 Å². The average Bonchev–Trinajstić information content (AvgIpc) is 3.16. The highest BCUT2D eigenvalue weighted by Gasteiger charge is 2.33. The number of ether oxygens (including phenoxy) is 2. The van der Waals surface area contributed by atoms with Crippen molar-refractivity contribution in [2.24, 2.45) is 0 Å². The Labute approximate surface area is 226 Å². The molecule has 0 spiro atoms. The Morgan fingerprint density at radius 3 is 2.36 bits per heavy atom. The minimum Gasteiger partial charge on any atom is -0.507 e. The standard InChI is InChI=1S/C28H34FN3O7/c1-15(33)31(8-7-22(35)36)13-18-9-16(10-19(25(18)37)28(2,3)4)20(34)14-32-12-17-11-21(38-5)26(39-6)24(29)23(17)27(32)30/h9-11,30,37H,7-8,12-14H2,1-6H3,(H,35,36). The first kappa shape index (κ1) is 29.4. The largest absolute Gasteiger partial charge is 0.507 e. The van der Waals surface area contributed by atoms with Crippen LogP contribution in [0.25, 0.3) is 0 Å². The van der Waals surface area contributed by atoms with Gasteiger partial charge >= 0.3 is 5.97 Å². The van der Waals surface area contributed by atoms with Gasteiger partial charge in [-0.15, -0.1) is 0 Å². The van der Waals surface area contributed by atoms with Crippen LogP contribution >= 0.6 is 0 Å². The van der Waals surface area contributed by atoms with E-state index in [4.69, 9.17) is 20.0 Å². The summed E-state index contributed by atoms with van der Waals surface area (Å²) in [6.07, 6.45) is -0.269. The van der Waals surface area contributed by atoms with Gasteiger partial charge in [0.15, 0.2) is 23.1 Å². The molecule has 0 atom stereocenters. The van der Waals surface area contributed by atoms with Crippen LogP contribution in [0.15, 0.2) is 18.2 Å². The number of nitrogens with zero attached hydrogens (tertiary/aromatic N) is 2. The lowest BCUT2D eigenvalue weighted by molar-refractivity contribution is -0.138. The van der Waals surface area contributed by atoms with Gasteiger partial charge in [0.25, 0.3) is 0 Å². The number of carbonyl (C=O) groups is 3. The SMILES string of the molecule is COc1cc2c(c(F)c1OC)C(=N)N(CC(=O)c1cc(CN(CCC(=O)O)C(C)=O)c(O)c(C(C)(C)C)c1)C2. The molecule has 210 valence electrons. The fourth-order valence-corrected chi connectivity index (χ4v) is 4.56. The van der Waals surface area contributed by atoms with Gasteiger partial charge in [-0.2, -0.15) is 0 Å². The third-order valence-corrected chi connectivity index (χ3v) is 6.66. The van der Waals surface area contributed by atoms with Crippen molar-refractivity contribution in [1.29, 1.82) is 5.41 Å². The number of Topliss-reactive ketones (excluding diaryl/α,β-unsaturated/α-hetero) is 1. The van der Waals surface area contributed by atoms with Gasteiger partial charge in [0.1, 0.15) is 11.6 Å². The second-order valence-corrected chi connectivity index (χ2v) is 10.5. The molecule has 3 N–H and O–H groups in total. The number of fused-ring (bicyclic) bond motifs is 1. The lowest BCUT2D eigenvalue weighted by Gasteiger charge is -2.26. The van der Waals surface area contributed by atoms with Gasteiger partial charge in [-0.05, 0) is 29.2 Å². The van der Waals surface area contributed by atoms with E-state index in [0.29, 0.717) is 16.7 Å². The summed E-state index contributed by atoms with van der Waals surface area (Å²) in [6.45, 7) is 6.63. The highest BCUT2D eigenvalue weighted by atomic mass is 19.1. The number of aliphatic carboxylic acids is 1. The van der Waals surface area contributed by atoms with Gasteiger partial charge in [-0.1, -0.05) is 20.8 Å². The van der Waals surface area contributed by atoms with Crippen LogP contribution in [-0.2, 0) is 28.1 Å². The number of benzene rings is 2. The Morgan fingerprint density at radius 1 is 1.15 bits per heavy atom. The van der Waals surface area contributed by atoms with E-state index in [9.17, 15) is 19.5 Å². The number of halogens is 1. The van der Waals surface area contributed by atoms with E-state index >= 15 is 4.39 Å². The molecule has 11 heteroatoms. The van der Waals surface area contributed by atoms with Crippen LogP contribution in [-0.4, -0.2) is 70.8 Å². The van der Waals surface area contributed by atoms with Crippen LogP contribution < -0.4 is 9.47 Å². The number of amidine groups is 1. The molecule has 2 aromatic carbocycles. The fourth-order valence-electron chi connectivity index (χ4n) is 4.56. The number of amides is 1. The van der Waals surface area contributed by atoms with Crippen LogP contribution in [0.2, 0.25) is 0 Å². The summed E-state index contributed by atoms with van der Waals surface area (Å²) < 4.78 is 25.4. The summed E-state index contributed by atoms with van der Waals surface area (Å²) in [6, 6.07) is 4.64. The Balaban J connectivity index is 1.95. The summed E-state index contributed by atoms with van der Waals surface area (Å²) in [4.78, 5) is 39.4. The Hall–Kier alpha value is -4.15. The number of carboxylic acids is 1. The van der Waals surface area contributed by atoms with Crippen molar-refractivity contribution in [2.75, 3.05) is 27.3 Å². The molecule has 0 radical (unpaired) electrons. The van der Waals surface area contributed by atoms with Gasteiger partial charge in [-0.3, -0.25) is 19.8 Å². The van der Waals surface area contributed by atoms with Crippen LogP contribution in [0.3, 0.4) is 0 Å². The van der Waals surface area contributed by atoms with Crippen molar-refractivity contribution in [3.8, 4) is 17.2 Å². The first-order valence-electron chi connectivity index (χ1n) is 12.3. The van der Waals surface area contributed by atoms with Gasteiger partial charge in [0.2, 0.25) is 5.91 Å². The Morgan fingerprint density at radius 2 is 1.82 bits per heavy atom. The molecular formula is C28H34FN3O7. The van der Waals surface area contributed by atoms with Crippen LogP contribution in [0.5, 0.6) is 17.2 Å². The number of methoxy groups -OCH3 is 2. The smallest absolute Gasteiger partial charge is 0.305 e. The van der Waals surface area contributed by atoms with E-state index in [-0.39, 0.29) is 78.5 Å². The maximum absolute atomic E-state index is 15.1. The number of phenols is 1. The maximum atomic E-state index is 15.1. The number of nitrogens with one attached hydrogen (secondary N) is 1. The van der Waals surface area contributed by atoms with Gasteiger partial charge in [-0.25, -0.2) is 4.39 Å². The van der Waals surface area contributed by atoms with E-state index in [2.05, 4.69) is 0 Å². The summed E-state index contributed by atoms with van der Waals surface area (Å²) in [7, 11) is 2.69. The number of rotatable bonds is 10. The lowest BCUT2D eigenvalue weighted by atomic mass is 9.83. The predicted molar refractivity (Wildman–Crippen MR) is 141 cm³/mol. The fraction of sp³-hybridized carbons (Fsp3) is 0.429. The molecule has 0 saturated carbocycles. The van der Waals surface area contributed by atoms with Crippen molar-refractivity contribution in [3.63, 3.8) is 0 Å². The molecule has 0 bridgehead atoms. The van der Waals surface area contributed by atoms with Crippen molar-refractivity contribution < 1.29 is 38.5 Å². The maximum Gasteiger partial charge on any atom is 0.305 e. The highest BCUT2D eigenvalue weighted by molar-refractivity contribution is 6.06. The van der Waals surface area contributed by atoms with Gasteiger partial charge in [0.05, 0.1) is 32.7 Å². The third kappa shape index (κ3) is 6.13. The van der Waals surface area contributed by atoms with Crippen molar-refractivity contribution in [3.05, 3.63) is 51.8 Å². The van der Waals surface area contributed by atoms with Gasteiger partial charge < -0.3 is 29.5 Å². The molecular weight excluding hydrogens is 509 g/mol. The summed E-state index contributed by atoms with van der Waals surface area (Å²) >= 11 is 0. The molecule has 0 saturated heterocycles. The zero-order valence-electron chi connectivity index (χ0n) is 23.0. The lowest BCUT2D eigenvalue weighted by Crippen LogP contribution is -2.32. The van der Waals surface area contributed by atoms with E-state index < -0.39 is 17.2 Å². The third-order valence-electron chi connectivity index (χ3n) is 6.66. The number of phenolic OH excluding ortho intramolecular Hbond substituents is 1. The molecule has 3 rings (SSSR count). The number of aromatic hydroxyl groups is 1. The zero-order chi connectivity index (χ0) is 29.2. The Bertz CT molecular complexity index is 1330. The summed E-state index contributed by atoms with van der Waals surface area (Å²) in [5.74, 6) is -2.73. The molecule has 0 aliphatic carbocycles. The number of hydrogen-bond donors (Lipinski definition) is 3. The van der Waals surface area contributed by atoms with Crippen LogP contribution in [0.1, 0.15) is 66.7 Å².